The van der Waals surface area contributed by atoms with E-state index in [0.717, 1.165) is 17.8 Å². The van der Waals surface area contributed by atoms with Gasteiger partial charge in [0, 0.05) is 18.5 Å². The molecular weight excluding hydrogens is 236 g/mol. The molecule has 0 aliphatic heterocycles. The minimum atomic E-state index is -0.0384. The summed E-state index contributed by atoms with van der Waals surface area (Å²) in [5.74, 6) is 2.97. The minimum absolute atomic E-state index is 0.0384. The number of nitrogens with two attached hydrogens (primary N) is 1. The molecule has 0 aromatic rings. The summed E-state index contributed by atoms with van der Waals surface area (Å²) < 4.78 is 0. The second-order valence-electron chi connectivity index (χ2n) is 7.75. The molecule has 4 saturated carbocycles. The summed E-state index contributed by atoms with van der Waals surface area (Å²) >= 11 is 0. The van der Waals surface area contributed by atoms with Gasteiger partial charge >= 0.3 is 0 Å². The molecule has 3 nitrogen and oxygen atoms in total. The van der Waals surface area contributed by atoms with Crippen molar-refractivity contribution >= 4 is 5.91 Å². The first-order valence-corrected chi connectivity index (χ1v) is 8.02. The predicted molar refractivity (Wildman–Crippen MR) is 76.5 cm³/mol. The molecule has 3 N–H and O–H groups in total. The van der Waals surface area contributed by atoms with Crippen molar-refractivity contribution in [1.82, 2.24) is 5.32 Å². The summed E-state index contributed by atoms with van der Waals surface area (Å²) in [6.07, 6.45) is 8.87. The van der Waals surface area contributed by atoms with Gasteiger partial charge in [-0.15, -0.1) is 0 Å². The Morgan fingerprint density at radius 1 is 1.16 bits per heavy atom. The Kier molecular flexibility index (Phi) is 3.36. The third-order valence-corrected chi connectivity index (χ3v) is 5.89. The van der Waals surface area contributed by atoms with Crippen LogP contribution in [-0.2, 0) is 4.79 Å². The molecular formula is C16H28N2O. The number of carbonyl (C=O) groups is 1. The first-order chi connectivity index (χ1) is 8.97. The molecule has 0 saturated heterocycles. The van der Waals surface area contributed by atoms with Gasteiger partial charge in [-0.25, -0.2) is 0 Å². The molecule has 0 radical (unpaired) electrons. The Morgan fingerprint density at radius 3 is 2.05 bits per heavy atom. The number of amides is 1. The highest BCUT2D eigenvalue weighted by Gasteiger charge is 2.53. The van der Waals surface area contributed by atoms with Gasteiger partial charge in [-0.05, 0) is 75.5 Å². The fraction of sp³-hybridized carbons (Fsp3) is 0.938. The number of rotatable bonds is 4. The van der Waals surface area contributed by atoms with E-state index in [-0.39, 0.29) is 11.9 Å². The predicted octanol–water partition coefficient (Wildman–Crippen LogP) is 2.44. The highest BCUT2D eigenvalue weighted by Crippen LogP contribution is 2.61. The van der Waals surface area contributed by atoms with Gasteiger partial charge in [0.1, 0.15) is 0 Å². The van der Waals surface area contributed by atoms with Crippen LogP contribution in [0.4, 0.5) is 0 Å². The lowest BCUT2D eigenvalue weighted by atomic mass is 9.48. The smallest absolute Gasteiger partial charge is 0.221 e. The van der Waals surface area contributed by atoms with Gasteiger partial charge in [0.15, 0.2) is 0 Å². The van der Waals surface area contributed by atoms with Gasteiger partial charge in [0.25, 0.3) is 0 Å². The van der Waals surface area contributed by atoms with E-state index in [9.17, 15) is 4.79 Å². The van der Waals surface area contributed by atoms with E-state index in [0.29, 0.717) is 17.9 Å². The molecule has 0 heterocycles. The van der Waals surface area contributed by atoms with Gasteiger partial charge < -0.3 is 11.1 Å². The van der Waals surface area contributed by atoms with Crippen LogP contribution in [0.3, 0.4) is 0 Å². The summed E-state index contributed by atoms with van der Waals surface area (Å²) in [4.78, 5) is 12.0. The second kappa shape index (κ2) is 4.76. The fourth-order valence-electron chi connectivity index (χ4n) is 5.45. The van der Waals surface area contributed by atoms with Crippen molar-refractivity contribution in [3.63, 3.8) is 0 Å². The van der Waals surface area contributed by atoms with Crippen molar-refractivity contribution in [2.45, 2.75) is 70.9 Å². The largest absolute Gasteiger partial charge is 0.353 e. The fourth-order valence-corrected chi connectivity index (χ4v) is 5.45. The van der Waals surface area contributed by atoms with E-state index >= 15 is 0 Å². The maximum Gasteiger partial charge on any atom is 0.221 e. The molecule has 4 bridgehead atoms. The zero-order valence-electron chi connectivity index (χ0n) is 12.3. The molecule has 4 aliphatic carbocycles. The van der Waals surface area contributed by atoms with E-state index in [4.69, 9.17) is 5.73 Å². The monoisotopic (exact) mass is 264 g/mol. The molecule has 4 fully saturated rings. The van der Waals surface area contributed by atoms with Crippen molar-refractivity contribution in [2.75, 3.05) is 0 Å². The molecule has 4 aliphatic rings. The van der Waals surface area contributed by atoms with Crippen LogP contribution in [0.25, 0.3) is 0 Å². The zero-order chi connectivity index (χ0) is 13.6. The average molecular weight is 264 g/mol. The van der Waals surface area contributed by atoms with Gasteiger partial charge in [-0.3, -0.25) is 4.79 Å². The standard InChI is InChI=1S/C16H28N2O/c1-10(17)3-15(19)18-11(2)16-7-12-4-13(8-16)6-14(5-12)9-16/h10-14H,3-9,17H2,1-2H3,(H,18,19). The SMILES string of the molecule is CC(N)CC(=O)NC(C)C12CC3CC(CC(C3)C1)C2. The molecule has 19 heavy (non-hydrogen) atoms. The van der Waals surface area contributed by atoms with Crippen molar-refractivity contribution < 1.29 is 4.79 Å². The number of nitrogens with one attached hydrogen (secondary N) is 1. The van der Waals surface area contributed by atoms with Crippen molar-refractivity contribution in [2.24, 2.45) is 28.9 Å². The van der Waals surface area contributed by atoms with E-state index < -0.39 is 0 Å². The van der Waals surface area contributed by atoms with Crippen LogP contribution in [-0.4, -0.2) is 18.0 Å². The van der Waals surface area contributed by atoms with Gasteiger partial charge in [-0.1, -0.05) is 0 Å². The van der Waals surface area contributed by atoms with Crippen LogP contribution in [0.15, 0.2) is 0 Å². The average Bonchev–Trinajstić information content (AvgIpc) is 2.25. The third kappa shape index (κ3) is 2.54. The van der Waals surface area contributed by atoms with Gasteiger partial charge in [0.05, 0.1) is 0 Å². The summed E-state index contributed by atoms with van der Waals surface area (Å²) in [5.41, 5.74) is 6.12. The lowest BCUT2D eigenvalue weighted by Gasteiger charge is -2.59. The first kappa shape index (κ1) is 13.4. The highest BCUT2D eigenvalue weighted by atomic mass is 16.1. The van der Waals surface area contributed by atoms with Crippen LogP contribution in [0.1, 0.15) is 58.8 Å². The van der Waals surface area contributed by atoms with Crippen molar-refractivity contribution in [1.29, 1.82) is 0 Å². The Bertz CT molecular complexity index is 328. The number of hydrogen-bond donors (Lipinski definition) is 2. The molecule has 0 aromatic heterocycles. The summed E-state index contributed by atoms with van der Waals surface area (Å²) in [6, 6.07) is 0.288. The molecule has 3 heteroatoms. The molecule has 2 atom stereocenters. The maximum atomic E-state index is 12.0. The number of hydrogen-bond acceptors (Lipinski definition) is 2. The topological polar surface area (TPSA) is 55.1 Å². The quantitative estimate of drug-likeness (QED) is 0.819. The second-order valence-corrected chi connectivity index (χ2v) is 7.75. The van der Waals surface area contributed by atoms with E-state index in [1.54, 1.807) is 0 Å². The maximum absolute atomic E-state index is 12.0. The third-order valence-electron chi connectivity index (χ3n) is 5.89. The molecule has 2 unspecified atom stereocenters. The van der Waals surface area contributed by atoms with Crippen LogP contribution in [0.2, 0.25) is 0 Å². The Labute approximate surface area is 116 Å². The molecule has 4 rings (SSSR count). The Hall–Kier alpha value is -0.570. The summed E-state index contributed by atoms with van der Waals surface area (Å²) in [6.45, 7) is 4.13. The van der Waals surface area contributed by atoms with E-state index in [1.165, 1.54) is 38.5 Å². The molecule has 1 amide bonds. The van der Waals surface area contributed by atoms with Crippen molar-refractivity contribution in [3.05, 3.63) is 0 Å². The highest BCUT2D eigenvalue weighted by molar-refractivity contribution is 5.76. The lowest BCUT2D eigenvalue weighted by molar-refractivity contribution is -0.126. The van der Waals surface area contributed by atoms with Gasteiger partial charge in [0.2, 0.25) is 5.91 Å². The lowest BCUT2D eigenvalue weighted by Crippen LogP contribution is -2.56. The van der Waals surface area contributed by atoms with E-state index in [2.05, 4.69) is 12.2 Å². The first-order valence-electron chi connectivity index (χ1n) is 8.02. The summed E-state index contributed by atoms with van der Waals surface area (Å²) in [5, 5.41) is 3.25. The van der Waals surface area contributed by atoms with Crippen LogP contribution >= 0.6 is 0 Å². The molecule has 108 valence electrons. The normalized spacial score (nSPS) is 43.0. The molecule has 0 aromatic carbocycles. The minimum Gasteiger partial charge on any atom is -0.353 e. The van der Waals surface area contributed by atoms with Gasteiger partial charge in [-0.2, -0.15) is 0 Å². The molecule has 0 spiro atoms. The van der Waals surface area contributed by atoms with Crippen LogP contribution in [0.5, 0.6) is 0 Å². The van der Waals surface area contributed by atoms with Crippen LogP contribution < -0.4 is 11.1 Å². The van der Waals surface area contributed by atoms with E-state index in [1.807, 2.05) is 6.92 Å². The van der Waals surface area contributed by atoms with Crippen molar-refractivity contribution in [3.8, 4) is 0 Å². The zero-order valence-corrected chi connectivity index (χ0v) is 12.3. The number of carbonyl (C=O) groups excluding carboxylic acids is 1. The Morgan fingerprint density at radius 2 is 1.63 bits per heavy atom. The Balaban J connectivity index is 1.66. The summed E-state index contributed by atoms with van der Waals surface area (Å²) in [7, 11) is 0. The van der Waals surface area contributed by atoms with Crippen LogP contribution in [0, 0.1) is 23.2 Å².